The van der Waals surface area contributed by atoms with E-state index < -0.39 is 0 Å². The van der Waals surface area contributed by atoms with Crippen LogP contribution in [0.25, 0.3) is 0 Å². The molecule has 0 bridgehead atoms. The van der Waals surface area contributed by atoms with Gasteiger partial charge in [0.15, 0.2) is 5.15 Å². The first-order valence-corrected chi connectivity index (χ1v) is 7.26. The first-order chi connectivity index (χ1) is 9.56. The van der Waals surface area contributed by atoms with E-state index in [-0.39, 0.29) is 15.7 Å². The molecule has 2 heterocycles. The van der Waals surface area contributed by atoms with E-state index >= 15 is 0 Å². The molecule has 108 valence electrons. The maximum Gasteiger partial charge on any atom is 0.274 e. The van der Waals surface area contributed by atoms with E-state index in [1.165, 1.54) is 10.9 Å². The van der Waals surface area contributed by atoms with Crippen molar-refractivity contribution in [2.75, 3.05) is 0 Å². The average Bonchev–Trinajstić information content (AvgIpc) is 2.89. The van der Waals surface area contributed by atoms with Crippen molar-refractivity contribution in [1.82, 2.24) is 19.3 Å². The van der Waals surface area contributed by atoms with Gasteiger partial charge >= 0.3 is 0 Å². The Morgan fingerprint density at radius 1 is 1.30 bits per heavy atom. The Labute approximate surface area is 127 Å². The molecule has 0 N–H and O–H groups in total. The fourth-order valence-electron chi connectivity index (χ4n) is 2.06. The van der Waals surface area contributed by atoms with Crippen LogP contribution in [-0.4, -0.2) is 19.3 Å². The van der Waals surface area contributed by atoms with Crippen LogP contribution in [0.1, 0.15) is 38.4 Å². The van der Waals surface area contributed by atoms with Gasteiger partial charge in [-0.3, -0.25) is 14.0 Å². The molecule has 0 fully saturated rings. The number of hydrogen-bond acceptors (Lipinski definition) is 3. The molecule has 0 spiro atoms. The van der Waals surface area contributed by atoms with Gasteiger partial charge in [-0.2, -0.15) is 5.10 Å². The van der Waals surface area contributed by atoms with Crippen molar-refractivity contribution in [3.8, 4) is 0 Å². The second kappa shape index (κ2) is 6.41. The molecule has 2 aromatic rings. The lowest BCUT2D eigenvalue weighted by atomic mass is 10.2. The summed E-state index contributed by atoms with van der Waals surface area (Å²) in [7, 11) is 0. The molecule has 7 heteroatoms. The SMILES string of the molecule is CCC(CC)n1ccc(Cn2cnc(Cl)c(Cl)c2=O)n1. The molecule has 0 unspecified atom stereocenters. The topological polar surface area (TPSA) is 52.7 Å². The van der Waals surface area contributed by atoms with E-state index in [0.717, 1.165) is 18.5 Å². The highest BCUT2D eigenvalue weighted by Gasteiger charge is 2.11. The van der Waals surface area contributed by atoms with E-state index in [2.05, 4.69) is 23.9 Å². The maximum atomic E-state index is 11.9. The summed E-state index contributed by atoms with van der Waals surface area (Å²) >= 11 is 11.5. The molecule has 0 aliphatic heterocycles. The second-order valence-corrected chi connectivity index (χ2v) is 5.28. The van der Waals surface area contributed by atoms with Crippen molar-refractivity contribution in [2.24, 2.45) is 0 Å². The minimum Gasteiger partial charge on any atom is -0.292 e. The minimum atomic E-state index is -0.358. The van der Waals surface area contributed by atoms with Gasteiger partial charge in [-0.1, -0.05) is 37.0 Å². The van der Waals surface area contributed by atoms with Gasteiger partial charge in [0.1, 0.15) is 5.02 Å². The summed E-state index contributed by atoms with van der Waals surface area (Å²) in [5.74, 6) is 0. The normalized spacial score (nSPS) is 11.2. The fourth-order valence-corrected chi connectivity index (χ4v) is 2.34. The van der Waals surface area contributed by atoms with Gasteiger partial charge in [0.25, 0.3) is 5.56 Å². The van der Waals surface area contributed by atoms with Crippen LogP contribution in [0, 0.1) is 0 Å². The highest BCUT2D eigenvalue weighted by Crippen LogP contribution is 2.15. The molecule has 0 atom stereocenters. The Kier molecular flexibility index (Phi) is 4.83. The van der Waals surface area contributed by atoms with Crippen LogP contribution in [-0.2, 0) is 6.54 Å². The lowest BCUT2D eigenvalue weighted by molar-refractivity contribution is 0.424. The van der Waals surface area contributed by atoms with Crippen LogP contribution in [0.15, 0.2) is 23.4 Å². The van der Waals surface area contributed by atoms with Crippen LogP contribution in [0.2, 0.25) is 10.2 Å². The van der Waals surface area contributed by atoms with Crippen molar-refractivity contribution in [3.05, 3.63) is 44.8 Å². The van der Waals surface area contributed by atoms with Crippen molar-refractivity contribution >= 4 is 23.2 Å². The molecule has 0 aromatic carbocycles. The number of hydrogen-bond donors (Lipinski definition) is 0. The summed E-state index contributed by atoms with van der Waals surface area (Å²) in [5.41, 5.74) is 0.433. The van der Waals surface area contributed by atoms with Gasteiger partial charge in [0.2, 0.25) is 0 Å². The summed E-state index contributed by atoms with van der Waals surface area (Å²) in [6.07, 6.45) is 5.35. The first-order valence-electron chi connectivity index (χ1n) is 6.51. The molecule has 0 saturated carbocycles. The molecule has 0 amide bonds. The number of aromatic nitrogens is 4. The summed E-state index contributed by atoms with van der Waals surface area (Å²) in [4.78, 5) is 15.8. The lowest BCUT2D eigenvalue weighted by Gasteiger charge is -2.12. The molecule has 0 aliphatic rings. The zero-order chi connectivity index (χ0) is 14.7. The molecule has 5 nitrogen and oxygen atoms in total. The van der Waals surface area contributed by atoms with Gasteiger partial charge < -0.3 is 0 Å². The number of halogens is 2. The Balaban J connectivity index is 2.23. The van der Waals surface area contributed by atoms with E-state index in [0.29, 0.717) is 12.6 Å². The van der Waals surface area contributed by atoms with Crippen LogP contribution >= 0.6 is 23.2 Å². The number of rotatable bonds is 5. The molecular formula is C13H16Cl2N4O. The Morgan fingerprint density at radius 3 is 2.65 bits per heavy atom. The van der Waals surface area contributed by atoms with E-state index in [1.54, 1.807) is 0 Å². The quantitative estimate of drug-likeness (QED) is 0.797. The highest BCUT2D eigenvalue weighted by atomic mass is 35.5. The third kappa shape index (κ3) is 3.04. The second-order valence-electron chi connectivity index (χ2n) is 4.54. The lowest BCUT2D eigenvalue weighted by Crippen LogP contribution is -2.22. The minimum absolute atomic E-state index is 0.0236. The standard InChI is InChI=1S/C13H16Cl2N4O/c1-3-10(4-2)19-6-5-9(17-19)7-18-8-16-12(15)11(14)13(18)20/h5-6,8,10H,3-4,7H2,1-2H3. The van der Waals surface area contributed by atoms with Crippen LogP contribution < -0.4 is 5.56 Å². The number of nitrogens with zero attached hydrogens (tertiary/aromatic N) is 4. The van der Waals surface area contributed by atoms with Crippen molar-refractivity contribution in [3.63, 3.8) is 0 Å². The maximum absolute atomic E-state index is 11.9. The zero-order valence-electron chi connectivity index (χ0n) is 11.4. The summed E-state index contributed by atoms with van der Waals surface area (Å²) in [6.45, 7) is 4.59. The highest BCUT2D eigenvalue weighted by molar-refractivity contribution is 6.40. The predicted octanol–water partition coefficient (Wildman–Crippen LogP) is 3.16. The summed E-state index contributed by atoms with van der Waals surface area (Å²) in [5, 5.41) is 4.46. The first kappa shape index (κ1) is 15.1. The largest absolute Gasteiger partial charge is 0.292 e. The third-order valence-corrected chi connectivity index (χ3v) is 3.98. The van der Waals surface area contributed by atoms with Crippen molar-refractivity contribution in [2.45, 2.75) is 39.3 Å². The van der Waals surface area contributed by atoms with Crippen molar-refractivity contribution < 1.29 is 0 Å². The van der Waals surface area contributed by atoms with E-state index in [9.17, 15) is 4.79 Å². The molecule has 0 saturated heterocycles. The fraction of sp³-hybridized carbons (Fsp3) is 0.462. The van der Waals surface area contributed by atoms with Gasteiger partial charge in [0.05, 0.1) is 24.6 Å². The van der Waals surface area contributed by atoms with Crippen LogP contribution in [0.5, 0.6) is 0 Å². The third-order valence-electron chi connectivity index (χ3n) is 3.25. The molecule has 0 aliphatic carbocycles. The Morgan fingerprint density at radius 2 is 2.00 bits per heavy atom. The smallest absolute Gasteiger partial charge is 0.274 e. The molecule has 0 radical (unpaired) electrons. The average molecular weight is 315 g/mol. The van der Waals surface area contributed by atoms with Crippen molar-refractivity contribution in [1.29, 1.82) is 0 Å². The Bertz CT molecular complexity index is 646. The van der Waals surface area contributed by atoms with Gasteiger partial charge in [-0.25, -0.2) is 4.98 Å². The van der Waals surface area contributed by atoms with E-state index in [1.807, 2.05) is 16.9 Å². The molecule has 20 heavy (non-hydrogen) atoms. The van der Waals surface area contributed by atoms with E-state index in [4.69, 9.17) is 23.2 Å². The molecular weight excluding hydrogens is 299 g/mol. The Hall–Kier alpha value is -1.33. The van der Waals surface area contributed by atoms with Crippen LogP contribution in [0.4, 0.5) is 0 Å². The van der Waals surface area contributed by atoms with Crippen LogP contribution in [0.3, 0.4) is 0 Å². The van der Waals surface area contributed by atoms with Gasteiger partial charge in [-0.05, 0) is 18.9 Å². The zero-order valence-corrected chi connectivity index (χ0v) is 12.9. The van der Waals surface area contributed by atoms with Gasteiger partial charge in [0, 0.05) is 6.20 Å². The van der Waals surface area contributed by atoms with Gasteiger partial charge in [-0.15, -0.1) is 0 Å². The summed E-state index contributed by atoms with van der Waals surface area (Å²) < 4.78 is 3.33. The molecule has 2 rings (SSSR count). The molecule has 2 aromatic heterocycles. The predicted molar refractivity (Wildman–Crippen MR) is 79.5 cm³/mol. The summed E-state index contributed by atoms with van der Waals surface area (Å²) in [6, 6.07) is 2.28. The monoisotopic (exact) mass is 314 g/mol.